The van der Waals surface area contributed by atoms with Gasteiger partial charge in [0, 0.05) is 9.75 Å². The van der Waals surface area contributed by atoms with Gasteiger partial charge in [-0.25, -0.2) is 4.79 Å². The summed E-state index contributed by atoms with van der Waals surface area (Å²) in [7, 11) is 1.67. The van der Waals surface area contributed by atoms with Gasteiger partial charge in [0.25, 0.3) is 5.91 Å². The molecule has 1 aromatic heterocycles. The number of benzene rings is 3. The molecule has 1 atom stereocenters. The second-order valence-corrected chi connectivity index (χ2v) is 10.5. The largest absolute Gasteiger partial charge is 0.497 e. The molecule has 1 amide bonds. The highest BCUT2D eigenvalue weighted by Crippen LogP contribution is 2.34. The maximum atomic E-state index is 13.6. The number of hydrogen-bond acceptors (Lipinski definition) is 5. The number of hydrogen-bond donors (Lipinski definition) is 2. The Balaban J connectivity index is 1.36. The summed E-state index contributed by atoms with van der Waals surface area (Å²) in [6.07, 6.45) is 2.33. The molecule has 1 aliphatic heterocycles. The summed E-state index contributed by atoms with van der Waals surface area (Å²) < 4.78 is 11.0. The Morgan fingerprint density at radius 1 is 1.05 bits per heavy atom. The molecule has 0 fully saturated rings. The van der Waals surface area contributed by atoms with Gasteiger partial charge in [0.2, 0.25) is 0 Å². The molecule has 190 valence electrons. The SMILES string of the molecule is COc1ccc2cc(CCc3sc4c(c3C(=O)NC(C)c3ccc(C(=O)O)cc3)CCOC4)ccc2c1. The predicted octanol–water partition coefficient (Wildman–Crippen LogP) is 5.96. The van der Waals surface area contributed by atoms with Gasteiger partial charge in [-0.15, -0.1) is 11.3 Å². The van der Waals surface area contributed by atoms with Gasteiger partial charge in [0.15, 0.2) is 0 Å². The number of carboxylic acid groups (broad SMARTS) is 1. The Morgan fingerprint density at radius 2 is 1.81 bits per heavy atom. The van der Waals surface area contributed by atoms with Crippen LogP contribution >= 0.6 is 11.3 Å². The number of thiophene rings is 1. The van der Waals surface area contributed by atoms with E-state index in [1.807, 2.05) is 19.1 Å². The van der Waals surface area contributed by atoms with Gasteiger partial charge >= 0.3 is 5.97 Å². The number of fused-ring (bicyclic) bond motifs is 2. The lowest BCUT2D eigenvalue weighted by Crippen LogP contribution is -2.28. The second kappa shape index (κ2) is 10.7. The zero-order valence-corrected chi connectivity index (χ0v) is 21.7. The van der Waals surface area contributed by atoms with Crippen LogP contribution in [0.4, 0.5) is 0 Å². The van der Waals surface area contributed by atoms with Gasteiger partial charge in [-0.3, -0.25) is 4.79 Å². The van der Waals surface area contributed by atoms with Gasteiger partial charge < -0.3 is 19.9 Å². The monoisotopic (exact) mass is 515 g/mol. The van der Waals surface area contributed by atoms with Crippen LogP contribution in [0.15, 0.2) is 60.7 Å². The fraction of sp³-hybridized carbons (Fsp3) is 0.267. The summed E-state index contributed by atoms with van der Waals surface area (Å²) in [6.45, 7) is 3.08. The molecular formula is C30H29NO5S. The molecular weight excluding hydrogens is 486 g/mol. The maximum Gasteiger partial charge on any atom is 0.335 e. The zero-order valence-electron chi connectivity index (χ0n) is 20.9. The maximum absolute atomic E-state index is 13.6. The van der Waals surface area contributed by atoms with Crippen molar-refractivity contribution in [1.29, 1.82) is 0 Å². The highest BCUT2D eigenvalue weighted by molar-refractivity contribution is 7.12. The number of amides is 1. The minimum atomic E-state index is -0.967. The molecule has 0 radical (unpaired) electrons. The Hall–Kier alpha value is -3.68. The fourth-order valence-corrected chi connectivity index (χ4v) is 6.10. The highest BCUT2D eigenvalue weighted by atomic mass is 32.1. The number of carbonyl (C=O) groups is 2. The van der Waals surface area contributed by atoms with E-state index in [2.05, 4.69) is 29.6 Å². The lowest BCUT2D eigenvalue weighted by Gasteiger charge is -2.17. The van der Waals surface area contributed by atoms with Gasteiger partial charge in [0.05, 0.1) is 37.5 Å². The van der Waals surface area contributed by atoms with E-state index in [9.17, 15) is 9.59 Å². The third-order valence-electron chi connectivity index (χ3n) is 6.88. The minimum Gasteiger partial charge on any atom is -0.497 e. The molecule has 0 aliphatic carbocycles. The molecule has 7 heteroatoms. The summed E-state index contributed by atoms with van der Waals surface area (Å²) in [6, 6.07) is 18.9. The standard InChI is InChI=1S/C30H29NO5S/c1-18(20-6-8-21(9-7-20)30(33)34)31-29(32)28-25-13-14-36-17-27(25)37-26(28)12-4-19-3-5-23-16-24(35-2)11-10-22(23)15-19/h3,5-11,15-16,18H,4,12-14,17H2,1-2H3,(H,31,32)(H,33,34). The van der Waals surface area contributed by atoms with Crippen LogP contribution in [0.5, 0.6) is 5.75 Å². The van der Waals surface area contributed by atoms with Gasteiger partial charge in [-0.1, -0.05) is 36.4 Å². The molecule has 4 aromatic rings. The number of aromatic carboxylic acids is 1. The molecule has 6 nitrogen and oxygen atoms in total. The van der Waals surface area contributed by atoms with Crippen LogP contribution in [-0.4, -0.2) is 30.7 Å². The first-order valence-electron chi connectivity index (χ1n) is 12.3. The van der Waals surface area contributed by atoms with E-state index in [4.69, 9.17) is 14.6 Å². The summed E-state index contributed by atoms with van der Waals surface area (Å²) in [5.74, 6) is -0.213. The number of methoxy groups -OCH3 is 1. The third-order valence-corrected chi connectivity index (χ3v) is 8.14. The van der Waals surface area contributed by atoms with Crippen molar-refractivity contribution >= 4 is 34.0 Å². The molecule has 0 saturated heterocycles. The van der Waals surface area contributed by atoms with Crippen LogP contribution in [0.1, 0.15) is 60.1 Å². The minimum absolute atomic E-state index is 0.0881. The molecule has 0 bridgehead atoms. The van der Waals surface area contributed by atoms with Crippen LogP contribution in [0.3, 0.4) is 0 Å². The normalized spacial score (nSPS) is 13.7. The number of rotatable bonds is 8. The molecule has 2 N–H and O–H groups in total. The van der Waals surface area contributed by atoms with Gasteiger partial charge in [-0.05, 0) is 77.9 Å². The van der Waals surface area contributed by atoms with Crippen LogP contribution in [0, 0.1) is 0 Å². The van der Waals surface area contributed by atoms with Gasteiger partial charge in [0.1, 0.15) is 5.75 Å². The van der Waals surface area contributed by atoms with Crippen LogP contribution in [0.2, 0.25) is 0 Å². The van der Waals surface area contributed by atoms with E-state index in [1.54, 1.807) is 42.7 Å². The van der Waals surface area contributed by atoms with Crippen molar-refractivity contribution < 1.29 is 24.2 Å². The molecule has 1 aliphatic rings. The lowest BCUT2D eigenvalue weighted by molar-refractivity contribution is 0.0696. The van der Waals surface area contributed by atoms with Crippen molar-refractivity contribution in [1.82, 2.24) is 5.32 Å². The zero-order chi connectivity index (χ0) is 25.9. The van der Waals surface area contributed by atoms with Crippen molar-refractivity contribution in [3.63, 3.8) is 0 Å². The van der Waals surface area contributed by atoms with Crippen molar-refractivity contribution in [3.05, 3.63) is 98.2 Å². The quantitative estimate of drug-likeness (QED) is 0.303. The van der Waals surface area contributed by atoms with Crippen molar-refractivity contribution in [2.45, 2.75) is 38.8 Å². The first-order valence-corrected chi connectivity index (χ1v) is 13.2. The summed E-state index contributed by atoms with van der Waals surface area (Å²) >= 11 is 1.68. The summed E-state index contributed by atoms with van der Waals surface area (Å²) in [4.78, 5) is 26.9. The average molecular weight is 516 g/mol. The van der Waals surface area contributed by atoms with Gasteiger partial charge in [-0.2, -0.15) is 0 Å². The summed E-state index contributed by atoms with van der Waals surface area (Å²) in [5, 5.41) is 14.6. The molecule has 3 aromatic carbocycles. The van der Waals surface area contributed by atoms with Crippen LogP contribution in [0.25, 0.3) is 10.8 Å². The molecule has 1 unspecified atom stereocenters. The molecule has 2 heterocycles. The third kappa shape index (κ3) is 5.38. The van der Waals surface area contributed by atoms with E-state index in [0.717, 1.165) is 62.2 Å². The Kier molecular flexibility index (Phi) is 7.26. The first kappa shape index (κ1) is 25.0. The molecule has 0 saturated carbocycles. The highest BCUT2D eigenvalue weighted by Gasteiger charge is 2.26. The van der Waals surface area contributed by atoms with E-state index in [1.165, 1.54) is 5.56 Å². The van der Waals surface area contributed by atoms with Crippen LogP contribution < -0.4 is 10.1 Å². The predicted molar refractivity (Wildman–Crippen MR) is 145 cm³/mol. The van der Waals surface area contributed by atoms with Crippen molar-refractivity contribution in [2.24, 2.45) is 0 Å². The molecule has 5 rings (SSSR count). The van der Waals surface area contributed by atoms with Crippen molar-refractivity contribution in [2.75, 3.05) is 13.7 Å². The topological polar surface area (TPSA) is 84.9 Å². The molecule has 0 spiro atoms. The number of ether oxygens (including phenoxy) is 2. The van der Waals surface area contributed by atoms with Crippen molar-refractivity contribution in [3.8, 4) is 5.75 Å². The first-order chi connectivity index (χ1) is 17.9. The average Bonchev–Trinajstić information content (AvgIpc) is 3.30. The van der Waals surface area contributed by atoms with E-state index < -0.39 is 5.97 Å². The summed E-state index contributed by atoms with van der Waals surface area (Å²) in [5.41, 5.74) is 4.19. The fourth-order valence-electron chi connectivity index (χ4n) is 4.81. The number of carboxylic acids is 1. The number of aryl methyl sites for hydroxylation is 2. The number of nitrogens with one attached hydrogen (secondary N) is 1. The smallest absolute Gasteiger partial charge is 0.335 e. The molecule has 37 heavy (non-hydrogen) atoms. The number of carbonyl (C=O) groups excluding carboxylic acids is 1. The van der Waals surface area contributed by atoms with E-state index >= 15 is 0 Å². The lowest BCUT2D eigenvalue weighted by atomic mass is 9.98. The Bertz CT molecular complexity index is 1460. The Labute approximate surface area is 219 Å². The van der Waals surface area contributed by atoms with Crippen LogP contribution in [-0.2, 0) is 30.6 Å². The Morgan fingerprint density at radius 3 is 2.57 bits per heavy atom. The second-order valence-electron chi connectivity index (χ2n) is 9.27. The van der Waals surface area contributed by atoms with E-state index in [0.29, 0.717) is 13.2 Å². The van der Waals surface area contributed by atoms with E-state index in [-0.39, 0.29) is 17.5 Å².